The molecule has 3 rings (SSSR count). The van der Waals surface area contributed by atoms with Gasteiger partial charge in [0.2, 0.25) is 0 Å². The summed E-state index contributed by atoms with van der Waals surface area (Å²) in [5.74, 6) is -3.27. The topological polar surface area (TPSA) is 90.9 Å². The lowest BCUT2D eigenvalue weighted by atomic mass is 10.2. The minimum Gasteiger partial charge on any atom is -0.457 e. The molecule has 0 spiro atoms. The summed E-state index contributed by atoms with van der Waals surface area (Å²) in [5, 5.41) is 2.81. The molecule has 28 heavy (non-hydrogen) atoms. The van der Waals surface area contributed by atoms with Crippen molar-refractivity contribution in [3.63, 3.8) is 0 Å². The summed E-state index contributed by atoms with van der Waals surface area (Å²) >= 11 is 0. The fourth-order valence-corrected chi connectivity index (χ4v) is 2.44. The van der Waals surface area contributed by atoms with E-state index in [1.807, 2.05) is 30.3 Å². The quantitative estimate of drug-likeness (QED) is 0.483. The molecule has 1 saturated heterocycles. The van der Waals surface area contributed by atoms with Crippen molar-refractivity contribution in [3.05, 3.63) is 77.5 Å². The second-order valence-electron chi connectivity index (χ2n) is 6.52. The van der Waals surface area contributed by atoms with Gasteiger partial charge < -0.3 is 19.5 Å². The molecule has 1 N–H and O–H groups in total. The number of anilines is 1. The molecule has 1 fully saturated rings. The number of carbonyl (C=O) groups excluding carboxylic acids is 3. The lowest BCUT2D eigenvalue weighted by Gasteiger charge is -2.29. The second-order valence-corrected chi connectivity index (χ2v) is 6.52. The Bertz CT molecular complexity index is 894. The van der Waals surface area contributed by atoms with Gasteiger partial charge in [-0.15, -0.1) is 0 Å². The number of hydrogen-bond acceptors (Lipinski definition) is 7. The Labute approximate surface area is 161 Å². The first-order valence-corrected chi connectivity index (χ1v) is 8.58. The van der Waals surface area contributed by atoms with Gasteiger partial charge in [0, 0.05) is 25.7 Å². The van der Waals surface area contributed by atoms with E-state index in [1.165, 1.54) is 20.0 Å². The van der Waals surface area contributed by atoms with Crippen molar-refractivity contribution in [2.75, 3.05) is 5.32 Å². The van der Waals surface area contributed by atoms with Crippen LogP contribution in [0.1, 0.15) is 29.8 Å². The lowest BCUT2D eigenvalue weighted by Crippen LogP contribution is -2.42. The summed E-state index contributed by atoms with van der Waals surface area (Å²) in [6.45, 7) is 3.14. The van der Waals surface area contributed by atoms with Crippen LogP contribution in [0.5, 0.6) is 0 Å². The van der Waals surface area contributed by atoms with Crippen molar-refractivity contribution in [3.8, 4) is 0 Å². The van der Waals surface area contributed by atoms with E-state index in [2.05, 4.69) is 5.32 Å². The first-order chi connectivity index (χ1) is 13.3. The maximum atomic E-state index is 12.1. The van der Waals surface area contributed by atoms with Crippen LogP contribution < -0.4 is 5.32 Å². The van der Waals surface area contributed by atoms with Gasteiger partial charge >= 0.3 is 17.9 Å². The predicted octanol–water partition coefficient (Wildman–Crippen LogP) is 3.18. The zero-order valence-electron chi connectivity index (χ0n) is 15.4. The number of ether oxygens (including phenoxy) is 3. The highest BCUT2D eigenvalue weighted by Gasteiger charge is 2.38. The minimum atomic E-state index is -1.28. The molecule has 1 aliphatic heterocycles. The van der Waals surface area contributed by atoms with Crippen LogP contribution >= 0.6 is 0 Å². The molecule has 144 valence electrons. The molecule has 1 heterocycles. The van der Waals surface area contributed by atoms with Crippen LogP contribution in [0.3, 0.4) is 0 Å². The van der Waals surface area contributed by atoms with E-state index in [1.54, 1.807) is 24.3 Å². The lowest BCUT2D eigenvalue weighted by molar-refractivity contribution is -0.222. The third-order valence-corrected chi connectivity index (χ3v) is 3.83. The smallest absolute Gasteiger partial charge is 0.350 e. The summed E-state index contributed by atoms with van der Waals surface area (Å²) in [6, 6.07) is 15.8. The second kappa shape index (κ2) is 7.96. The molecular weight excluding hydrogens is 362 g/mol. The number of esters is 3. The van der Waals surface area contributed by atoms with Crippen LogP contribution in [0, 0.1) is 0 Å². The van der Waals surface area contributed by atoms with Crippen molar-refractivity contribution in [2.45, 2.75) is 26.2 Å². The standard InChI is InChI=1S/C21H19NO6/c1-21(2)27-19(24)17(20(25)28-21)12-22-16-10-8-15(9-11-16)18(23)26-13-14-6-4-3-5-7-14/h3-12,22H,13H2,1-2H3. The molecule has 1 aliphatic rings. The number of carbonyl (C=O) groups is 3. The Hall–Kier alpha value is -3.61. The van der Waals surface area contributed by atoms with Crippen LogP contribution in [0.2, 0.25) is 0 Å². The fraction of sp³-hybridized carbons (Fsp3) is 0.190. The molecular formula is C21H19NO6. The van der Waals surface area contributed by atoms with E-state index in [9.17, 15) is 14.4 Å². The van der Waals surface area contributed by atoms with E-state index >= 15 is 0 Å². The van der Waals surface area contributed by atoms with Crippen molar-refractivity contribution in [1.29, 1.82) is 0 Å². The van der Waals surface area contributed by atoms with Gasteiger partial charge in [-0.25, -0.2) is 14.4 Å². The van der Waals surface area contributed by atoms with Gasteiger partial charge in [-0.3, -0.25) is 0 Å². The largest absolute Gasteiger partial charge is 0.457 e. The van der Waals surface area contributed by atoms with Crippen LogP contribution in [-0.4, -0.2) is 23.7 Å². The zero-order valence-corrected chi connectivity index (χ0v) is 15.4. The highest BCUT2D eigenvalue weighted by molar-refractivity contribution is 6.15. The molecule has 0 unspecified atom stereocenters. The van der Waals surface area contributed by atoms with E-state index in [0.29, 0.717) is 11.3 Å². The van der Waals surface area contributed by atoms with Crippen molar-refractivity contribution in [1.82, 2.24) is 0 Å². The maximum Gasteiger partial charge on any atom is 0.350 e. The summed E-state index contributed by atoms with van der Waals surface area (Å²) in [6.07, 6.45) is 1.21. The first kappa shape index (κ1) is 19.2. The minimum absolute atomic E-state index is 0.187. The molecule has 7 heteroatoms. The summed E-state index contributed by atoms with van der Waals surface area (Å²) in [7, 11) is 0. The van der Waals surface area contributed by atoms with E-state index in [4.69, 9.17) is 14.2 Å². The Kier molecular flexibility index (Phi) is 5.44. The van der Waals surface area contributed by atoms with Gasteiger partial charge in [-0.2, -0.15) is 0 Å². The monoisotopic (exact) mass is 381 g/mol. The van der Waals surface area contributed by atoms with E-state index < -0.39 is 23.7 Å². The first-order valence-electron chi connectivity index (χ1n) is 8.58. The number of rotatable bonds is 5. The molecule has 2 aromatic rings. The molecule has 0 aromatic heterocycles. The van der Waals surface area contributed by atoms with Crippen LogP contribution in [0.25, 0.3) is 0 Å². The Morgan fingerprint density at radius 3 is 2.21 bits per heavy atom. The summed E-state index contributed by atoms with van der Waals surface area (Å²) < 4.78 is 15.3. The molecule has 0 amide bonds. The number of benzene rings is 2. The highest BCUT2D eigenvalue weighted by Crippen LogP contribution is 2.22. The Morgan fingerprint density at radius 2 is 1.61 bits per heavy atom. The van der Waals surface area contributed by atoms with Gasteiger partial charge in [0.05, 0.1) is 5.56 Å². The number of cyclic esters (lactones) is 2. The Morgan fingerprint density at radius 1 is 1.00 bits per heavy atom. The third-order valence-electron chi connectivity index (χ3n) is 3.83. The molecule has 0 atom stereocenters. The third kappa shape index (κ3) is 4.76. The van der Waals surface area contributed by atoms with Crippen molar-refractivity contribution in [2.24, 2.45) is 0 Å². The Balaban J connectivity index is 1.59. The van der Waals surface area contributed by atoms with Gasteiger partial charge in [-0.1, -0.05) is 30.3 Å². The molecule has 0 aliphatic carbocycles. The van der Waals surface area contributed by atoms with Crippen LogP contribution in [0.15, 0.2) is 66.4 Å². The van der Waals surface area contributed by atoms with Crippen molar-refractivity contribution < 1.29 is 28.6 Å². The van der Waals surface area contributed by atoms with Crippen molar-refractivity contribution >= 4 is 23.6 Å². The van der Waals surface area contributed by atoms with E-state index in [0.717, 1.165) is 5.56 Å². The van der Waals surface area contributed by atoms with Gasteiger partial charge in [0.25, 0.3) is 5.79 Å². The summed E-state index contributed by atoms with van der Waals surface area (Å²) in [4.78, 5) is 35.9. The fourth-order valence-electron chi connectivity index (χ4n) is 2.44. The van der Waals surface area contributed by atoms with Gasteiger partial charge in [-0.05, 0) is 29.8 Å². The molecule has 0 radical (unpaired) electrons. The normalized spacial score (nSPS) is 15.3. The molecule has 0 bridgehead atoms. The highest BCUT2D eigenvalue weighted by atomic mass is 16.7. The van der Waals surface area contributed by atoms with Gasteiger partial charge in [0.1, 0.15) is 6.61 Å². The zero-order chi connectivity index (χ0) is 20.1. The van der Waals surface area contributed by atoms with Gasteiger partial charge in [0.15, 0.2) is 5.57 Å². The molecule has 7 nitrogen and oxygen atoms in total. The number of hydrogen-bond donors (Lipinski definition) is 1. The predicted molar refractivity (Wildman–Crippen MR) is 100.0 cm³/mol. The summed E-state index contributed by atoms with van der Waals surface area (Å²) in [5.41, 5.74) is 1.60. The van der Waals surface area contributed by atoms with E-state index in [-0.39, 0.29) is 12.2 Å². The number of nitrogens with one attached hydrogen (secondary N) is 1. The van der Waals surface area contributed by atoms with Crippen LogP contribution in [0.4, 0.5) is 5.69 Å². The van der Waals surface area contributed by atoms with Crippen LogP contribution in [-0.2, 0) is 30.4 Å². The maximum absolute atomic E-state index is 12.1. The molecule has 0 saturated carbocycles. The average Bonchev–Trinajstić information content (AvgIpc) is 2.66. The molecule has 2 aromatic carbocycles. The average molecular weight is 381 g/mol. The SMILES string of the molecule is CC1(C)OC(=O)C(=CNc2ccc(C(=O)OCc3ccccc3)cc2)C(=O)O1.